The number of hydrogen-bond donors (Lipinski definition) is 0. The second-order valence-corrected chi connectivity index (χ2v) is 4.18. The van der Waals surface area contributed by atoms with E-state index < -0.39 is 0 Å². The fourth-order valence-electron chi connectivity index (χ4n) is 1.87. The molecule has 3 rings (SSSR count). The number of rotatable bonds is 3. The Labute approximate surface area is 116 Å². The van der Waals surface area contributed by atoms with Gasteiger partial charge in [-0.3, -0.25) is 4.98 Å². The van der Waals surface area contributed by atoms with E-state index >= 15 is 0 Å². The standard InChI is InChI=1S/C14H13N5O/c1-10-16-14(12-8-15-9-13(17-12)20-2)18-19(10)11-6-4-3-5-7-11/h3-9H,1-2H3. The Morgan fingerprint density at radius 2 is 1.85 bits per heavy atom. The largest absolute Gasteiger partial charge is 0.480 e. The van der Waals surface area contributed by atoms with Gasteiger partial charge in [-0.15, -0.1) is 5.10 Å². The predicted molar refractivity (Wildman–Crippen MR) is 73.7 cm³/mol. The SMILES string of the molecule is COc1cncc(-c2nc(C)n(-c3ccccc3)n2)n1. The summed E-state index contributed by atoms with van der Waals surface area (Å²) in [7, 11) is 1.55. The lowest BCUT2D eigenvalue weighted by atomic mass is 10.3. The van der Waals surface area contributed by atoms with Crippen LogP contribution < -0.4 is 4.74 Å². The molecule has 1 aromatic carbocycles. The first-order valence-electron chi connectivity index (χ1n) is 6.13. The minimum atomic E-state index is 0.441. The first-order chi connectivity index (χ1) is 9.78. The fraction of sp³-hybridized carbons (Fsp3) is 0.143. The highest BCUT2D eigenvalue weighted by molar-refractivity contribution is 5.48. The molecular weight excluding hydrogens is 254 g/mol. The third-order valence-corrected chi connectivity index (χ3v) is 2.82. The van der Waals surface area contributed by atoms with Crippen molar-refractivity contribution in [3.05, 3.63) is 48.5 Å². The molecule has 2 heterocycles. The van der Waals surface area contributed by atoms with E-state index in [9.17, 15) is 0 Å². The number of aryl methyl sites for hydroxylation is 1. The molecule has 0 saturated carbocycles. The van der Waals surface area contributed by atoms with Crippen molar-refractivity contribution in [2.75, 3.05) is 7.11 Å². The first kappa shape index (κ1) is 12.3. The Bertz CT molecular complexity index is 723. The van der Waals surface area contributed by atoms with Crippen LogP contribution in [-0.4, -0.2) is 31.8 Å². The van der Waals surface area contributed by atoms with Gasteiger partial charge in [0.15, 0.2) is 0 Å². The Kier molecular flexibility index (Phi) is 3.12. The summed E-state index contributed by atoms with van der Waals surface area (Å²) in [5, 5.41) is 4.47. The van der Waals surface area contributed by atoms with E-state index in [1.807, 2.05) is 37.3 Å². The molecule has 0 N–H and O–H groups in total. The van der Waals surface area contributed by atoms with Crippen LogP contribution in [0.5, 0.6) is 5.88 Å². The summed E-state index contributed by atoms with van der Waals surface area (Å²) in [5.74, 6) is 1.75. The van der Waals surface area contributed by atoms with Gasteiger partial charge in [0.05, 0.1) is 25.2 Å². The van der Waals surface area contributed by atoms with Crippen molar-refractivity contribution in [1.82, 2.24) is 24.7 Å². The Balaban J connectivity index is 2.04. The van der Waals surface area contributed by atoms with Crippen molar-refractivity contribution in [1.29, 1.82) is 0 Å². The van der Waals surface area contributed by atoms with Gasteiger partial charge in [-0.2, -0.15) is 0 Å². The van der Waals surface area contributed by atoms with Crippen LogP contribution in [0.4, 0.5) is 0 Å². The number of benzene rings is 1. The zero-order chi connectivity index (χ0) is 13.9. The van der Waals surface area contributed by atoms with Crippen LogP contribution in [0.3, 0.4) is 0 Å². The number of nitrogens with zero attached hydrogens (tertiary/aromatic N) is 5. The van der Waals surface area contributed by atoms with Crippen molar-refractivity contribution in [3.63, 3.8) is 0 Å². The highest BCUT2D eigenvalue weighted by Crippen LogP contribution is 2.17. The fourth-order valence-corrected chi connectivity index (χ4v) is 1.87. The maximum Gasteiger partial charge on any atom is 0.232 e. The van der Waals surface area contributed by atoms with Crippen LogP contribution >= 0.6 is 0 Å². The molecule has 0 aliphatic heterocycles. The predicted octanol–water partition coefficient (Wildman–Crippen LogP) is 2.04. The molecule has 2 aromatic heterocycles. The maximum atomic E-state index is 5.06. The molecule has 0 radical (unpaired) electrons. The van der Waals surface area contributed by atoms with Crippen LogP contribution in [0.15, 0.2) is 42.7 Å². The summed E-state index contributed by atoms with van der Waals surface area (Å²) in [6.45, 7) is 1.90. The van der Waals surface area contributed by atoms with Crippen molar-refractivity contribution in [2.24, 2.45) is 0 Å². The van der Waals surface area contributed by atoms with Gasteiger partial charge in [0.25, 0.3) is 0 Å². The van der Waals surface area contributed by atoms with Crippen molar-refractivity contribution >= 4 is 0 Å². The Hall–Kier alpha value is -2.76. The van der Waals surface area contributed by atoms with Gasteiger partial charge < -0.3 is 4.74 Å². The number of para-hydroxylation sites is 1. The quantitative estimate of drug-likeness (QED) is 0.726. The van der Waals surface area contributed by atoms with Crippen LogP contribution in [0.25, 0.3) is 17.2 Å². The lowest BCUT2D eigenvalue weighted by Crippen LogP contribution is -1.98. The molecule has 0 spiro atoms. The number of aromatic nitrogens is 5. The van der Waals surface area contributed by atoms with Crippen molar-refractivity contribution in [3.8, 4) is 23.1 Å². The average Bonchev–Trinajstić information content (AvgIpc) is 2.90. The van der Waals surface area contributed by atoms with Crippen molar-refractivity contribution < 1.29 is 4.74 Å². The zero-order valence-electron chi connectivity index (χ0n) is 11.2. The smallest absolute Gasteiger partial charge is 0.232 e. The van der Waals surface area contributed by atoms with Gasteiger partial charge in [-0.05, 0) is 19.1 Å². The molecule has 0 saturated heterocycles. The van der Waals surface area contributed by atoms with E-state index in [4.69, 9.17) is 4.74 Å². The summed E-state index contributed by atoms with van der Waals surface area (Å²) in [6, 6.07) is 9.83. The van der Waals surface area contributed by atoms with Gasteiger partial charge in [0.2, 0.25) is 11.7 Å². The lowest BCUT2D eigenvalue weighted by molar-refractivity contribution is 0.396. The molecule has 20 heavy (non-hydrogen) atoms. The second kappa shape index (κ2) is 5.08. The monoisotopic (exact) mass is 267 g/mol. The molecule has 6 nitrogen and oxygen atoms in total. The number of hydrogen-bond acceptors (Lipinski definition) is 5. The normalized spacial score (nSPS) is 10.5. The molecule has 0 amide bonds. The minimum absolute atomic E-state index is 0.441. The molecule has 0 atom stereocenters. The Morgan fingerprint density at radius 3 is 2.60 bits per heavy atom. The van der Waals surface area contributed by atoms with Gasteiger partial charge in [0.1, 0.15) is 11.5 Å². The van der Waals surface area contributed by atoms with E-state index in [-0.39, 0.29) is 0 Å². The summed E-state index contributed by atoms with van der Waals surface area (Å²) >= 11 is 0. The minimum Gasteiger partial charge on any atom is -0.480 e. The molecule has 6 heteroatoms. The number of methoxy groups -OCH3 is 1. The van der Waals surface area contributed by atoms with Crippen LogP contribution in [0, 0.1) is 6.92 Å². The third kappa shape index (κ3) is 2.23. The first-order valence-corrected chi connectivity index (χ1v) is 6.13. The summed E-state index contributed by atoms with van der Waals surface area (Å²) in [5.41, 5.74) is 1.54. The second-order valence-electron chi connectivity index (χ2n) is 4.18. The molecule has 0 bridgehead atoms. The van der Waals surface area contributed by atoms with Gasteiger partial charge >= 0.3 is 0 Å². The molecule has 100 valence electrons. The average molecular weight is 267 g/mol. The van der Waals surface area contributed by atoms with Crippen LogP contribution in [-0.2, 0) is 0 Å². The van der Waals surface area contributed by atoms with Crippen molar-refractivity contribution in [2.45, 2.75) is 6.92 Å². The molecule has 0 aliphatic carbocycles. The van der Waals surface area contributed by atoms with E-state index in [1.54, 1.807) is 24.2 Å². The van der Waals surface area contributed by atoms with Crippen LogP contribution in [0.1, 0.15) is 5.82 Å². The molecule has 0 fully saturated rings. The zero-order valence-corrected chi connectivity index (χ0v) is 11.2. The van der Waals surface area contributed by atoms with E-state index in [2.05, 4.69) is 20.1 Å². The third-order valence-electron chi connectivity index (χ3n) is 2.82. The Morgan fingerprint density at radius 1 is 1.05 bits per heavy atom. The maximum absolute atomic E-state index is 5.06. The van der Waals surface area contributed by atoms with Gasteiger partial charge in [0, 0.05) is 0 Å². The van der Waals surface area contributed by atoms with E-state index in [0.29, 0.717) is 17.4 Å². The summed E-state index contributed by atoms with van der Waals surface area (Å²) in [6.07, 6.45) is 3.16. The van der Waals surface area contributed by atoms with Gasteiger partial charge in [-0.25, -0.2) is 14.6 Å². The molecule has 3 aromatic rings. The summed E-state index contributed by atoms with van der Waals surface area (Å²) < 4.78 is 6.84. The number of ether oxygens (including phenoxy) is 1. The molecular formula is C14H13N5O. The lowest BCUT2D eigenvalue weighted by Gasteiger charge is -2.01. The van der Waals surface area contributed by atoms with Crippen LogP contribution in [0.2, 0.25) is 0 Å². The molecule has 0 aliphatic rings. The molecule has 0 unspecified atom stereocenters. The summed E-state index contributed by atoms with van der Waals surface area (Å²) in [4.78, 5) is 12.8. The topological polar surface area (TPSA) is 65.7 Å². The van der Waals surface area contributed by atoms with Gasteiger partial charge in [-0.1, -0.05) is 18.2 Å². The van der Waals surface area contributed by atoms with E-state index in [1.165, 1.54) is 0 Å². The van der Waals surface area contributed by atoms with E-state index in [0.717, 1.165) is 11.5 Å². The highest BCUT2D eigenvalue weighted by atomic mass is 16.5. The highest BCUT2D eigenvalue weighted by Gasteiger charge is 2.11.